The summed E-state index contributed by atoms with van der Waals surface area (Å²) < 4.78 is 2.67. The maximum absolute atomic E-state index is 12.2. The molecule has 0 bridgehead atoms. The van der Waals surface area contributed by atoms with E-state index in [1.807, 2.05) is 18.2 Å². The van der Waals surface area contributed by atoms with Crippen molar-refractivity contribution in [3.63, 3.8) is 0 Å². The number of nitrogens with zero attached hydrogens (tertiary/aromatic N) is 6. The number of hydrogen-bond acceptors (Lipinski definition) is 6. The Labute approximate surface area is 162 Å². The van der Waals surface area contributed by atoms with Gasteiger partial charge in [0.2, 0.25) is 5.95 Å². The van der Waals surface area contributed by atoms with E-state index in [1.165, 1.54) is 17.9 Å². The van der Waals surface area contributed by atoms with Crippen LogP contribution in [0, 0.1) is 17.0 Å². The van der Waals surface area contributed by atoms with Gasteiger partial charge >= 0.3 is 5.82 Å². The minimum Gasteiger partial charge on any atom is -0.358 e. The molecule has 0 aliphatic heterocycles. The second-order valence-corrected chi connectivity index (χ2v) is 6.33. The molecule has 12 heteroatoms. The van der Waals surface area contributed by atoms with E-state index in [2.05, 4.69) is 20.5 Å². The first-order valence-electron chi connectivity index (χ1n) is 7.65. The number of anilines is 1. The van der Waals surface area contributed by atoms with Gasteiger partial charge in [-0.05, 0) is 23.5 Å². The molecule has 1 N–H and O–H groups in total. The first-order valence-corrected chi connectivity index (χ1v) is 8.40. The van der Waals surface area contributed by atoms with E-state index in [9.17, 15) is 14.9 Å². The Morgan fingerprint density at radius 3 is 2.70 bits per heavy atom. The van der Waals surface area contributed by atoms with Crippen LogP contribution >= 0.6 is 23.2 Å². The molecule has 1 aromatic carbocycles. The molecule has 2 aromatic heterocycles. The highest BCUT2D eigenvalue weighted by Gasteiger charge is 2.25. The minimum absolute atomic E-state index is 0.0949. The summed E-state index contributed by atoms with van der Waals surface area (Å²) in [5.74, 6) is -0.899. The van der Waals surface area contributed by atoms with Gasteiger partial charge in [0.1, 0.15) is 12.9 Å². The monoisotopic (exact) mass is 409 g/mol. The lowest BCUT2D eigenvalue weighted by molar-refractivity contribution is -0.389. The van der Waals surface area contributed by atoms with Gasteiger partial charge in [-0.1, -0.05) is 41.4 Å². The predicted octanol–water partition coefficient (Wildman–Crippen LogP) is 2.69. The zero-order valence-electron chi connectivity index (χ0n) is 14.0. The Kier molecular flexibility index (Phi) is 5.38. The lowest BCUT2D eigenvalue weighted by Crippen LogP contribution is -2.21. The molecular weight excluding hydrogens is 397 g/mol. The SMILES string of the molecule is Cc1c(Cl)c([N+](=O)[O-])nn1CC(=O)Nc1ncn(Cc2ccccc2Cl)n1. The number of carbonyl (C=O) groups is 1. The van der Waals surface area contributed by atoms with Crippen molar-refractivity contribution in [2.24, 2.45) is 0 Å². The van der Waals surface area contributed by atoms with E-state index < -0.39 is 16.6 Å². The lowest BCUT2D eigenvalue weighted by atomic mass is 10.2. The summed E-state index contributed by atoms with van der Waals surface area (Å²) in [6.07, 6.45) is 1.46. The maximum Gasteiger partial charge on any atom is 0.408 e. The van der Waals surface area contributed by atoms with E-state index in [0.717, 1.165) is 10.2 Å². The number of nitro groups is 1. The van der Waals surface area contributed by atoms with Gasteiger partial charge in [0.15, 0.2) is 5.02 Å². The molecule has 0 radical (unpaired) electrons. The van der Waals surface area contributed by atoms with Gasteiger partial charge in [0.25, 0.3) is 5.91 Å². The number of amides is 1. The predicted molar refractivity (Wildman–Crippen MR) is 97.8 cm³/mol. The molecule has 0 aliphatic rings. The summed E-state index contributed by atoms with van der Waals surface area (Å²) in [4.78, 5) is 26.3. The van der Waals surface area contributed by atoms with Crippen LogP contribution in [0.1, 0.15) is 11.3 Å². The smallest absolute Gasteiger partial charge is 0.358 e. The molecule has 3 rings (SSSR count). The fraction of sp³-hybridized carbons (Fsp3) is 0.200. The van der Waals surface area contributed by atoms with Crippen LogP contribution in [0.25, 0.3) is 0 Å². The number of benzene rings is 1. The average molecular weight is 410 g/mol. The van der Waals surface area contributed by atoms with Crippen molar-refractivity contribution < 1.29 is 9.72 Å². The van der Waals surface area contributed by atoms with Crippen molar-refractivity contribution in [2.75, 3.05) is 5.32 Å². The van der Waals surface area contributed by atoms with E-state index in [-0.39, 0.29) is 17.5 Å². The summed E-state index contributed by atoms with van der Waals surface area (Å²) in [6, 6.07) is 7.32. The van der Waals surface area contributed by atoms with Gasteiger partial charge in [-0.3, -0.25) is 10.1 Å². The maximum atomic E-state index is 12.2. The highest BCUT2D eigenvalue weighted by molar-refractivity contribution is 6.33. The van der Waals surface area contributed by atoms with Crippen LogP contribution in [0.5, 0.6) is 0 Å². The molecule has 0 atom stereocenters. The second-order valence-electron chi connectivity index (χ2n) is 5.54. The summed E-state index contributed by atoms with van der Waals surface area (Å²) in [5, 5.41) is 21.7. The average Bonchev–Trinajstić information content (AvgIpc) is 3.16. The first-order chi connectivity index (χ1) is 12.8. The van der Waals surface area contributed by atoms with Gasteiger partial charge in [0.05, 0.1) is 17.3 Å². The number of nitrogens with one attached hydrogen (secondary N) is 1. The van der Waals surface area contributed by atoms with Gasteiger partial charge in [-0.15, -0.1) is 5.10 Å². The molecule has 0 fully saturated rings. The summed E-state index contributed by atoms with van der Waals surface area (Å²) >= 11 is 12.0. The fourth-order valence-corrected chi connectivity index (χ4v) is 2.71. The molecule has 0 unspecified atom stereocenters. The number of hydrogen-bond donors (Lipinski definition) is 1. The first kappa shape index (κ1) is 18.8. The Morgan fingerprint density at radius 1 is 1.30 bits per heavy atom. The summed E-state index contributed by atoms with van der Waals surface area (Å²) in [5.41, 5.74) is 1.17. The highest BCUT2D eigenvalue weighted by atomic mass is 35.5. The minimum atomic E-state index is -0.707. The van der Waals surface area contributed by atoms with Gasteiger partial charge in [0, 0.05) is 5.02 Å². The Balaban J connectivity index is 1.66. The van der Waals surface area contributed by atoms with Gasteiger partial charge in [-0.25, -0.2) is 9.67 Å². The molecule has 0 saturated carbocycles. The molecule has 1 amide bonds. The molecule has 0 aliphatic carbocycles. The number of carbonyl (C=O) groups excluding carboxylic acids is 1. The number of aromatic nitrogens is 5. The van der Waals surface area contributed by atoms with Crippen LogP contribution in [0.2, 0.25) is 10.0 Å². The third-order valence-electron chi connectivity index (χ3n) is 3.66. The van der Waals surface area contributed by atoms with E-state index >= 15 is 0 Å². The van der Waals surface area contributed by atoms with Crippen LogP contribution in [-0.2, 0) is 17.9 Å². The molecule has 10 nitrogen and oxygen atoms in total. The van der Waals surface area contributed by atoms with E-state index in [1.54, 1.807) is 6.07 Å². The van der Waals surface area contributed by atoms with Crippen LogP contribution in [0.3, 0.4) is 0 Å². The normalized spacial score (nSPS) is 10.8. The van der Waals surface area contributed by atoms with Gasteiger partial charge in [-0.2, -0.15) is 4.68 Å². The standard InChI is InChI=1S/C15H13Cl2N7O3/c1-9-13(17)14(24(26)27)20-23(9)7-12(25)19-15-18-8-22(21-15)6-10-4-2-3-5-11(10)16/h2-5,8H,6-7H2,1H3,(H,19,21,25). The third kappa shape index (κ3) is 4.23. The topological polar surface area (TPSA) is 121 Å². The van der Waals surface area contributed by atoms with Gasteiger partial charge < -0.3 is 10.1 Å². The molecule has 3 aromatic rings. The molecule has 0 saturated heterocycles. The molecular formula is C15H13Cl2N7O3. The lowest BCUT2D eigenvalue weighted by Gasteiger charge is -2.03. The van der Waals surface area contributed by atoms with Crippen LogP contribution in [0.15, 0.2) is 30.6 Å². The number of halogens is 2. The zero-order chi connectivity index (χ0) is 19.6. The summed E-state index contributed by atoms with van der Waals surface area (Å²) in [7, 11) is 0. The third-order valence-corrected chi connectivity index (χ3v) is 4.47. The van der Waals surface area contributed by atoms with Crippen molar-refractivity contribution in [1.82, 2.24) is 24.5 Å². The zero-order valence-corrected chi connectivity index (χ0v) is 15.5. The highest BCUT2D eigenvalue weighted by Crippen LogP contribution is 2.26. The fourth-order valence-electron chi connectivity index (χ4n) is 2.31. The molecule has 140 valence electrons. The van der Waals surface area contributed by atoms with Crippen LogP contribution in [0.4, 0.5) is 11.8 Å². The molecule has 2 heterocycles. The van der Waals surface area contributed by atoms with Crippen molar-refractivity contribution >= 4 is 40.9 Å². The van der Waals surface area contributed by atoms with Crippen molar-refractivity contribution in [1.29, 1.82) is 0 Å². The number of rotatable bonds is 6. The Hall–Kier alpha value is -2.98. The molecule has 0 spiro atoms. The molecule has 27 heavy (non-hydrogen) atoms. The van der Waals surface area contributed by atoms with E-state index in [4.69, 9.17) is 23.2 Å². The van der Waals surface area contributed by atoms with Crippen molar-refractivity contribution in [3.05, 3.63) is 62.0 Å². The van der Waals surface area contributed by atoms with Crippen molar-refractivity contribution in [3.8, 4) is 0 Å². The van der Waals surface area contributed by atoms with Crippen LogP contribution in [-0.4, -0.2) is 35.4 Å². The quantitative estimate of drug-likeness (QED) is 0.493. The summed E-state index contributed by atoms with van der Waals surface area (Å²) in [6.45, 7) is 1.66. The Bertz CT molecular complexity index is 1010. The van der Waals surface area contributed by atoms with Crippen molar-refractivity contribution in [2.45, 2.75) is 20.0 Å². The second kappa shape index (κ2) is 7.72. The largest absolute Gasteiger partial charge is 0.408 e. The Morgan fingerprint density at radius 2 is 2.04 bits per heavy atom. The van der Waals surface area contributed by atoms with Crippen LogP contribution < -0.4 is 5.32 Å². The van der Waals surface area contributed by atoms with E-state index in [0.29, 0.717) is 17.3 Å².